The molecule has 0 amide bonds. The van der Waals surface area contributed by atoms with E-state index in [-0.39, 0.29) is 0 Å². The van der Waals surface area contributed by atoms with E-state index in [1.807, 2.05) is 25.1 Å². The number of methoxy groups -OCH3 is 3. The van der Waals surface area contributed by atoms with Gasteiger partial charge in [0.05, 0.1) is 20.0 Å². The van der Waals surface area contributed by atoms with E-state index < -0.39 is 6.29 Å². The fourth-order valence-electron chi connectivity index (χ4n) is 1.90. The first kappa shape index (κ1) is 11.8. The van der Waals surface area contributed by atoms with Gasteiger partial charge in [-0.25, -0.2) is 0 Å². The Labute approximate surface area is 101 Å². The van der Waals surface area contributed by atoms with Crippen LogP contribution in [0.1, 0.15) is 24.3 Å². The van der Waals surface area contributed by atoms with Gasteiger partial charge in [-0.2, -0.15) is 0 Å². The summed E-state index contributed by atoms with van der Waals surface area (Å²) in [5, 5.41) is 0. The van der Waals surface area contributed by atoms with Crippen molar-refractivity contribution < 1.29 is 18.9 Å². The highest BCUT2D eigenvalue weighted by Gasteiger charge is 2.23. The Kier molecular flexibility index (Phi) is 3.24. The predicted molar refractivity (Wildman–Crippen MR) is 64.0 cm³/mol. The summed E-state index contributed by atoms with van der Waals surface area (Å²) in [5.74, 6) is 2.19. The van der Waals surface area contributed by atoms with Gasteiger partial charge in [0.2, 0.25) is 6.29 Å². The molecule has 1 unspecified atom stereocenters. The molecule has 0 saturated heterocycles. The van der Waals surface area contributed by atoms with E-state index in [4.69, 9.17) is 18.9 Å². The second-order valence-electron chi connectivity index (χ2n) is 3.78. The molecule has 0 fully saturated rings. The molecule has 0 aromatic heterocycles. The molecule has 17 heavy (non-hydrogen) atoms. The highest BCUT2D eigenvalue weighted by Crippen LogP contribution is 2.38. The van der Waals surface area contributed by atoms with Crippen LogP contribution in [0, 0.1) is 0 Å². The fourth-order valence-corrected chi connectivity index (χ4v) is 1.90. The quantitative estimate of drug-likeness (QED) is 0.808. The molecule has 4 nitrogen and oxygen atoms in total. The van der Waals surface area contributed by atoms with E-state index in [0.29, 0.717) is 11.5 Å². The average Bonchev–Trinajstić information content (AvgIpc) is 2.35. The maximum absolute atomic E-state index is 5.58. The van der Waals surface area contributed by atoms with Crippen LogP contribution >= 0.6 is 0 Å². The Morgan fingerprint density at radius 1 is 1.06 bits per heavy atom. The van der Waals surface area contributed by atoms with E-state index in [1.54, 1.807) is 21.3 Å². The largest absolute Gasteiger partial charge is 0.493 e. The first-order chi connectivity index (χ1) is 8.19. The zero-order chi connectivity index (χ0) is 12.4. The van der Waals surface area contributed by atoms with Crippen LogP contribution in [0.25, 0.3) is 6.08 Å². The minimum atomic E-state index is -0.394. The van der Waals surface area contributed by atoms with Crippen molar-refractivity contribution >= 4 is 6.08 Å². The molecule has 0 spiro atoms. The minimum absolute atomic E-state index is 0.394. The average molecular weight is 236 g/mol. The highest BCUT2D eigenvalue weighted by atomic mass is 16.7. The third-order valence-electron chi connectivity index (χ3n) is 2.71. The van der Waals surface area contributed by atoms with E-state index in [9.17, 15) is 0 Å². The van der Waals surface area contributed by atoms with Crippen molar-refractivity contribution in [3.05, 3.63) is 29.0 Å². The molecule has 0 bridgehead atoms. The standard InChI is InChI=1S/C13H16O4/c1-8-5-9-6-11(14-2)12(15-3)7-10(9)13(16-4)17-8/h5-7,13H,1-4H3. The summed E-state index contributed by atoms with van der Waals surface area (Å²) >= 11 is 0. The third-order valence-corrected chi connectivity index (χ3v) is 2.71. The van der Waals surface area contributed by atoms with Crippen LogP contribution in [0.3, 0.4) is 0 Å². The number of rotatable bonds is 3. The van der Waals surface area contributed by atoms with Crippen molar-refractivity contribution in [2.45, 2.75) is 13.2 Å². The normalized spacial score (nSPS) is 17.9. The maximum Gasteiger partial charge on any atom is 0.226 e. The van der Waals surface area contributed by atoms with E-state index in [1.165, 1.54) is 0 Å². The van der Waals surface area contributed by atoms with Crippen LogP contribution in [0.2, 0.25) is 0 Å². The van der Waals surface area contributed by atoms with Crippen molar-refractivity contribution in [3.63, 3.8) is 0 Å². The van der Waals surface area contributed by atoms with Crippen molar-refractivity contribution in [3.8, 4) is 11.5 Å². The van der Waals surface area contributed by atoms with Gasteiger partial charge in [-0.15, -0.1) is 0 Å². The lowest BCUT2D eigenvalue weighted by atomic mass is 10.0. The van der Waals surface area contributed by atoms with Crippen LogP contribution in [0.15, 0.2) is 17.9 Å². The van der Waals surface area contributed by atoms with Gasteiger partial charge in [0.15, 0.2) is 11.5 Å². The molecule has 1 aromatic rings. The van der Waals surface area contributed by atoms with Gasteiger partial charge in [-0.1, -0.05) is 0 Å². The van der Waals surface area contributed by atoms with Crippen LogP contribution in [0.4, 0.5) is 0 Å². The highest BCUT2D eigenvalue weighted by molar-refractivity contribution is 5.63. The molecule has 2 rings (SSSR count). The molecule has 4 heteroatoms. The Hall–Kier alpha value is -1.68. The van der Waals surface area contributed by atoms with Crippen molar-refractivity contribution in [2.24, 2.45) is 0 Å². The number of fused-ring (bicyclic) bond motifs is 1. The van der Waals surface area contributed by atoms with Crippen LogP contribution in [-0.2, 0) is 9.47 Å². The summed E-state index contributed by atoms with van der Waals surface area (Å²) in [4.78, 5) is 0. The van der Waals surface area contributed by atoms with Crippen LogP contribution in [0.5, 0.6) is 11.5 Å². The van der Waals surface area contributed by atoms with E-state index in [2.05, 4.69) is 0 Å². The summed E-state index contributed by atoms with van der Waals surface area (Å²) in [5.41, 5.74) is 1.97. The first-order valence-electron chi connectivity index (χ1n) is 5.33. The molecule has 1 heterocycles. The molecule has 1 aliphatic rings. The fraction of sp³-hybridized carbons (Fsp3) is 0.385. The SMILES string of the molecule is COc1cc2c(cc1OC)C(OC)OC(C)=C2. The second kappa shape index (κ2) is 4.67. The van der Waals surface area contributed by atoms with E-state index in [0.717, 1.165) is 16.9 Å². The van der Waals surface area contributed by atoms with Gasteiger partial charge in [0, 0.05) is 12.7 Å². The van der Waals surface area contributed by atoms with Gasteiger partial charge in [0.25, 0.3) is 0 Å². The van der Waals surface area contributed by atoms with Gasteiger partial charge >= 0.3 is 0 Å². The van der Waals surface area contributed by atoms with Gasteiger partial charge in [0.1, 0.15) is 0 Å². The zero-order valence-corrected chi connectivity index (χ0v) is 10.4. The molecule has 0 radical (unpaired) electrons. The molecule has 0 N–H and O–H groups in total. The van der Waals surface area contributed by atoms with Crippen molar-refractivity contribution in [1.29, 1.82) is 0 Å². The number of allylic oxidation sites excluding steroid dienone is 1. The number of hydrogen-bond donors (Lipinski definition) is 0. The molecular formula is C13H16O4. The second-order valence-corrected chi connectivity index (χ2v) is 3.78. The predicted octanol–water partition coefficient (Wildman–Crippen LogP) is 2.74. The lowest BCUT2D eigenvalue weighted by molar-refractivity contribution is -0.0986. The zero-order valence-electron chi connectivity index (χ0n) is 10.4. The summed E-state index contributed by atoms with van der Waals surface area (Å²) in [6.07, 6.45) is 1.56. The Balaban J connectivity index is 2.55. The molecule has 1 aliphatic heterocycles. The molecule has 1 atom stereocenters. The third kappa shape index (κ3) is 2.08. The van der Waals surface area contributed by atoms with E-state index >= 15 is 0 Å². The molecular weight excluding hydrogens is 220 g/mol. The monoisotopic (exact) mass is 236 g/mol. The molecule has 1 aromatic carbocycles. The topological polar surface area (TPSA) is 36.9 Å². The summed E-state index contributed by atoms with van der Waals surface area (Å²) < 4.78 is 21.4. The minimum Gasteiger partial charge on any atom is -0.493 e. The lowest BCUT2D eigenvalue weighted by Gasteiger charge is -2.25. The lowest BCUT2D eigenvalue weighted by Crippen LogP contribution is -2.11. The van der Waals surface area contributed by atoms with Crippen molar-refractivity contribution in [1.82, 2.24) is 0 Å². The molecule has 0 aliphatic carbocycles. The van der Waals surface area contributed by atoms with Gasteiger partial charge in [-0.3, -0.25) is 0 Å². The number of ether oxygens (including phenoxy) is 4. The first-order valence-corrected chi connectivity index (χ1v) is 5.33. The Morgan fingerprint density at radius 2 is 1.71 bits per heavy atom. The number of hydrogen-bond acceptors (Lipinski definition) is 4. The number of benzene rings is 1. The summed E-state index contributed by atoms with van der Waals surface area (Å²) in [6, 6.07) is 3.80. The van der Waals surface area contributed by atoms with Gasteiger partial charge < -0.3 is 18.9 Å². The smallest absolute Gasteiger partial charge is 0.226 e. The van der Waals surface area contributed by atoms with Crippen LogP contribution in [-0.4, -0.2) is 21.3 Å². The maximum atomic E-state index is 5.58. The van der Waals surface area contributed by atoms with Gasteiger partial charge in [-0.05, 0) is 30.7 Å². The molecule has 92 valence electrons. The summed E-state index contributed by atoms with van der Waals surface area (Å²) in [6.45, 7) is 1.89. The molecule has 0 saturated carbocycles. The van der Waals surface area contributed by atoms with Crippen molar-refractivity contribution in [2.75, 3.05) is 21.3 Å². The van der Waals surface area contributed by atoms with Crippen LogP contribution < -0.4 is 9.47 Å². The Morgan fingerprint density at radius 3 is 2.29 bits per heavy atom. The Bertz CT molecular complexity index is 451. The summed E-state index contributed by atoms with van der Waals surface area (Å²) in [7, 11) is 4.84.